The predicted octanol–water partition coefficient (Wildman–Crippen LogP) is 4.34. The lowest BCUT2D eigenvalue weighted by molar-refractivity contribution is 0.0947. The summed E-state index contributed by atoms with van der Waals surface area (Å²) < 4.78 is 33.2. The van der Waals surface area contributed by atoms with Gasteiger partial charge >= 0.3 is 0 Å². The van der Waals surface area contributed by atoms with Gasteiger partial charge in [-0.15, -0.1) is 0 Å². The number of hydrogen-bond donors (Lipinski definition) is 1. The van der Waals surface area contributed by atoms with Gasteiger partial charge in [-0.3, -0.25) is 4.79 Å². The average Bonchev–Trinajstić information content (AvgIpc) is 3.12. The third kappa shape index (κ3) is 4.79. The molecule has 168 valence electrons. The summed E-state index contributed by atoms with van der Waals surface area (Å²) in [6.45, 7) is 1.35. The second-order valence-corrected chi connectivity index (χ2v) is 9.98. The molecule has 0 aliphatic carbocycles. The van der Waals surface area contributed by atoms with Crippen LogP contribution in [0.25, 0.3) is 10.8 Å². The van der Waals surface area contributed by atoms with E-state index in [2.05, 4.69) is 5.32 Å². The lowest BCUT2D eigenvalue weighted by Gasteiger charge is -2.20. The molecule has 1 aliphatic rings. The first kappa shape index (κ1) is 22.3. The molecule has 4 rings (SSSR count). The van der Waals surface area contributed by atoms with E-state index in [1.54, 1.807) is 6.07 Å². The van der Waals surface area contributed by atoms with E-state index in [1.807, 2.05) is 42.5 Å². The van der Waals surface area contributed by atoms with Crippen LogP contribution in [0.15, 0.2) is 65.6 Å². The van der Waals surface area contributed by atoms with Crippen molar-refractivity contribution in [3.05, 3.63) is 71.8 Å². The number of nitrogens with one attached hydrogen (secondary N) is 1. The molecule has 0 bridgehead atoms. The Labute approximate surface area is 189 Å². The second-order valence-electron chi connectivity index (χ2n) is 8.04. The van der Waals surface area contributed by atoms with Crippen molar-refractivity contribution in [2.45, 2.75) is 37.1 Å². The van der Waals surface area contributed by atoms with Crippen LogP contribution in [0.5, 0.6) is 5.75 Å². The Morgan fingerprint density at radius 2 is 1.66 bits per heavy atom. The van der Waals surface area contributed by atoms with Crippen LogP contribution >= 0.6 is 0 Å². The van der Waals surface area contributed by atoms with E-state index in [9.17, 15) is 13.2 Å². The van der Waals surface area contributed by atoms with Crippen molar-refractivity contribution in [2.75, 3.05) is 20.2 Å². The molecule has 3 aromatic rings. The highest BCUT2D eigenvalue weighted by atomic mass is 32.2. The summed E-state index contributed by atoms with van der Waals surface area (Å²) in [6, 6.07) is 18.6. The van der Waals surface area contributed by atoms with E-state index >= 15 is 0 Å². The summed E-state index contributed by atoms with van der Waals surface area (Å²) in [7, 11) is -2.19. The number of nitrogens with zero attached hydrogens (tertiary/aromatic N) is 1. The maximum Gasteiger partial charge on any atom is 0.255 e. The number of amides is 1. The van der Waals surface area contributed by atoms with Crippen LogP contribution in [0, 0.1) is 0 Å². The molecule has 1 heterocycles. The zero-order valence-electron chi connectivity index (χ0n) is 18.2. The first-order valence-corrected chi connectivity index (χ1v) is 12.4. The van der Waals surface area contributed by atoms with Gasteiger partial charge in [-0.2, -0.15) is 4.31 Å². The predicted molar refractivity (Wildman–Crippen MR) is 125 cm³/mol. The van der Waals surface area contributed by atoms with Crippen molar-refractivity contribution in [1.29, 1.82) is 0 Å². The fraction of sp³-hybridized carbons (Fsp3) is 0.320. The van der Waals surface area contributed by atoms with Gasteiger partial charge in [0, 0.05) is 19.6 Å². The zero-order valence-corrected chi connectivity index (χ0v) is 19.0. The number of benzene rings is 3. The van der Waals surface area contributed by atoms with Crippen LogP contribution in [0.4, 0.5) is 0 Å². The Balaban J connectivity index is 1.55. The Morgan fingerprint density at radius 1 is 0.938 bits per heavy atom. The third-order valence-electron chi connectivity index (χ3n) is 5.89. The van der Waals surface area contributed by atoms with Gasteiger partial charge in [-0.05, 0) is 53.4 Å². The van der Waals surface area contributed by atoms with Gasteiger partial charge in [-0.25, -0.2) is 8.42 Å². The first-order valence-electron chi connectivity index (χ1n) is 10.9. The number of methoxy groups -OCH3 is 1. The van der Waals surface area contributed by atoms with Crippen molar-refractivity contribution >= 4 is 26.7 Å². The topological polar surface area (TPSA) is 75.7 Å². The lowest BCUT2D eigenvalue weighted by Crippen LogP contribution is -2.32. The molecule has 32 heavy (non-hydrogen) atoms. The number of hydrogen-bond acceptors (Lipinski definition) is 4. The van der Waals surface area contributed by atoms with Crippen LogP contribution in [-0.4, -0.2) is 38.8 Å². The number of ether oxygens (including phenoxy) is 1. The fourth-order valence-corrected chi connectivity index (χ4v) is 5.63. The molecule has 0 spiro atoms. The molecular weight excluding hydrogens is 424 g/mol. The van der Waals surface area contributed by atoms with Crippen LogP contribution in [0.2, 0.25) is 0 Å². The van der Waals surface area contributed by atoms with Gasteiger partial charge in [0.15, 0.2) is 0 Å². The minimum Gasteiger partial charge on any atom is -0.496 e. The van der Waals surface area contributed by atoms with Gasteiger partial charge in [-0.1, -0.05) is 49.2 Å². The van der Waals surface area contributed by atoms with Gasteiger partial charge < -0.3 is 10.1 Å². The molecule has 1 saturated heterocycles. The van der Waals surface area contributed by atoms with Crippen LogP contribution in [-0.2, 0) is 16.6 Å². The molecule has 6 nitrogen and oxygen atoms in total. The van der Waals surface area contributed by atoms with Gasteiger partial charge in [0.1, 0.15) is 5.75 Å². The minimum atomic E-state index is -3.66. The average molecular weight is 453 g/mol. The van der Waals surface area contributed by atoms with E-state index < -0.39 is 10.0 Å². The maximum absolute atomic E-state index is 13.2. The monoisotopic (exact) mass is 452 g/mol. The van der Waals surface area contributed by atoms with Crippen molar-refractivity contribution < 1.29 is 17.9 Å². The largest absolute Gasteiger partial charge is 0.496 e. The molecule has 7 heteroatoms. The lowest BCUT2D eigenvalue weighted by atomic mass is 10.1. The maximum atomic E-state index is 13.2. The summed E-state index contributed by atoms with van der Waals surface area (Å²) in [5.74, 6) is -0.0289. The number of fused-ring (bicyclic) bond motifs is 1. The number of rotatable bonds is 6. The quantitative estimate of drug-likeness (QED) is 0.604. The van der Waals surface area contributed by atoms with Crippen molar-refractivity contribution in [3.8, 4) is 5.75 Å². The smallest absolute Gasteiger partial charge is 0.255 e. The van der Waals surface area contributed by atoms with Crippen LogP contribution in [0.1, 0.15) is 41.6 Å². The number of carbonyl (C=O) groups is 1. The molecule has 1 fully saturated rings. The van der Waals surface area contributed by atoms with Crippen LogP contribution in [0.3, 0.4) is 0 Å². The molecular formula is C25H28N2O4S. The van der Waals surface area contributed by atoms with E-state index in [-0.39, 0.29) is 16.4 Å². The van der Waals surface area contributed by atoms with E-state index in [1.165, 1.54) is 23.5 Å². The molecule has 1 amide bonds. The van der Waals surface area contributed by atoms with E-state index in [0.717, 1.165) is 42.0 Å². The highest BCUT2D eigenvalue weighted by Gasteiger charge is 2.27. The minimum absolute atomic E-state index is 0.121. The van der Waals surface area contributed by atoms with Crippen molar-refractivity contribution in [1.82, 2.24) is 9.62 Å². The standard InChI is InChI=1S/C25H28N2O4S/c1-31-24-13-12-22(32(29,30)27-14-6-2-3-7-15-27)17-23(24)25(28)26-18-19-10-11-20-8-4-5-9-21(20)16-19/h4-5,8-13,16-17H,2-3,6-7,14-15,18H2,1H3,(H,26,28). The molecule has 0 saturated carbocycles. The molecule has 1 aliphatic heterocycles. The molecule has 3 aromatic carbocycles. The van der Waals surface area contributed by atoms with E-state index in [0.29, 0.717) is 25.4 Å². The summed E-state index contributed by atoms with van der Waals surface area (Å²) in [5, 5.41) is 5.13. The van der Waals surface area contributed by atoms with Gasteiger partial charge in [0.05, 0.1) is 17.6 Å². The van der Waals surface area contributed by atoms with Crippen molar-refractivity contribution in [2.24, 2.45) is 0 Å². The van der Waals surface area contributed by atoms with Crippen LogP contribution < -0.4 is 10.1 Å². The second kappa shape index (κ2) is 9.71. The SMILES string of the molecule is COc1ccc(S(=O)(=O)N2CCCCCC2)cc1C(=O)NCc1ccc2ccccc2c1. The Kier molecular flexibility index (Phi) is 6.77. The first-order chi connectivity index (χ1) is 15.5. The fourth-order valence-electron chi connectivity index (χ4n) is 4.08. The molecule has 0 unspecified atom stereocenters. The molecule has 1 N–H and O–H groups in total. The van der Waals surface area contributed by atoms with Gasteiger partial charge in [0.25, 0.3) is 5.91 Å². The summed E-state index contributed by atoms with van der Waals surface area (Å²) in [6.07, 6.45) is 3.79. The normalized spacial score (nSPS) is 15.3. The molecule has 0 aromatic heterocycles. The van der Waals surface area contributed by atoms with Gasteiger partial charge in [0.2, 0.25) is 10.0 Å². The Bertz CT molecular complexity index is 1220. The summed E-state index contributed by atoms with van der Waals surface area (Å²) >= 11 is 0. The summed E-state index contributed by atoms with van der Waals surface area (Å²) in [4.78, 5) is 13.1. The van der Waals surface area contributed by atoms with E-state index in [4.69, 9.17) is 4.74 Å². The summed E-state index contributed by atoms with van der Waals surface area (Å²) in [5.41, 5.74) is 1.17. The molecule has 0 radical (unpaired) electrons. The number of carbonyl (C=O) groups excluding carboxylic acids is 1. The Hall–Kier alpha value is -2.90. The van der Waals surface area contributed by atoms with Crippen molar-refractivity contribution in [3.63, 3.8) is 0 Å². The zero-order chi connectivity index (χ0) is 22.6. The third-order valence-corrected chi connectivity index (χ3v) is 7.78. The highest BCUT2D eigenvalue weighted by molar-refractivity contribution is 7.89. The highest BCUT2D eigenvalue weighted by Crippen LogP contribution is 2.26. The number of sulfonamides is 1. The Morgan fingerprint density at radius 3 is 2.38 bits per heavy atom. The molecule has 0 atom stereocenters.